The summed E-state index contributed by atoms with van der Waals surface area (Å²) in [4.78, 5) is 54.0. The Balaban J connectivity index is 1.84. The summed E-state index contributed by atoms with van der Waals surface area (Å²) in [5.41, 5.74) is 10.9. The van der Waals surface area contributed by atoms with E-state index in [1.54, 1.807) is 0 Å². The van der Waals surface area contributed by atoms with Crippen molar-refractivity contribution in [3.05, 3.63) is 69.8 Å². The van der Waals surface area contributed by atoms with Crippen LogP contribution in [-0.2, 0) is 53.3 Å². The maximum Gasteiger partial charge on any atom is 0.310 e. The van der Waals surface area contributed by atoms with Gasteiger partial charge in [0.2, 0.25) is 0 Å². The van der Waals surface area contributed by atoms with Gasteiger partial charge in [0.25, 0.3) is 0 Å². The lowest BCUT2D eigenvalue weighted by Crippen LogP contribution is -2.15. The Hall–Kier alpha value is -4.73. The summed E-state index contributed by atoms with van der Waals surface area (Å²) in [7, 11) is 4.13. The molecular formula is C35H40N4O6. The van der Waals surface area contributed by atoms with Crippen LogP contribution in [0.25, 0.3) is 33.2 Å². The van der Waals surface area contributed by atoms with Crippen molar-refractivity contribution in [1.29, 1.82) is 0 Å². The molecule has 5 heterocycles. The second kappa shape index (κ2) is 12.7. The number of allylic oxidation sites excluding steroid dienone is 2. The largest absolute Gasteiger partial charge is 0.469 e. The number of esters is 3. The Labute approximate surface area is 262 Å². The van der Waals surface area contributed by atoms with Gasteiger partial charge in [-0.3, -0.25) is 19.4 Å². The fourth-order valence-electron chi connectivity index (χ4n) is 6.05. The number of hydrogen-bond acceptors (Lipinski definition) is 8. The number of methoxy groups -OCH3 is 3. The average molecular weight is 613 g/mol. The standard InChI is InChI=1S/C35H40N4O6/c1-19-12-21-13-27-20(2)23(8-10-32(40)43-5)28(38-27)14-22-18-35(3,4)31(37-22)17-30-25(15-34(42)45-7)24(9-11-33(41)44-6)29(39-30)16-26(19)36-21/h12-14,16-17,36,39H,8-11,15,18H2,1-7H3. The third-order valence-electron chi connectivity index (χ3n) is 8.65. The average Bonchev–Trinajstić information content (AvgIpc) is 3.68. The number of aromatic nitrogens is 4. The minimum Gasteiger partial charge on any atom is -0.469 e. The molecule has 0 saturated carbocycles. The fourth-order valence-corrected chi connectivity index (χ4v) is 6.05. The van der Waals surface area contributed by atoms with Gasteiger partial charge < -0.3 is 24.2 Å². The highest BCUT2D eigenvalue weighted by atomic mass is 16.5. The molecule has 236 valence electrons. The molecule has 2 N–H and O–H groups in total. The summed E-state index contributed by atoms with van der Waals surface area (Å²) in [6.07, 6.45) is 2.01. The van der Waals surface area contributed by atoms with Gasteiger partial charge in [0.15, 0.2) is 0 Å². The van der Waals surface area contributed by atoms with Gasteiger partial charge >= 0.3 is 17.9 Å². The van der Waals surface area contributed by atoms with Gasteiger partial charge in [0.1, 0.15) is 0 Å². The number of carbonyl (C=O) groups excluding carboxylic acids is 3. The van der Waals surface area contributed by atoms with Crippen LogP contribution in [0.4, 0.5) is 0 Å². The second-order valence-corrected chi connectivity index (χ2v) is 12.2. The zero-order valence-electron chi connectivity index (χ0n) is 27.0. The third-order valence-corrected chi connectivity index (χ3v) is 8.65. The van der Waals surface area contributed by atoms with E-state index in [1.807, 2.05) is 38.1 Å². The molecule has 2 aliphatic rings. The molecule has 8 bridgehead atoms. The number of carbonyl (C=O) groups is 3. The summed E-state index contributed by atoms with van der Waals surface area (Å²) < 4.78 is 14.9. The Morgan fingerprint density at radius 3 is 2.11 bits per heavy atom. The number of H-pyrrole nitrogens is 2. The maximum atomic E-state index is 12.6. The molecule has 0 unspecified atom stereocenters. The number of nitrogens with zero attached hydrogens (tertiary/aromatic N) is 2. The minimum absolute atomic E-state index is 0.0328. The Kier molecular flexibility index (Phi) is 8.95. The predicted octanol–water partition coefficient (Wildman–Crippen LogP) is 5.85. The molecule has 0 aliphatic carbocycles. The van der Waals surface area contributed by atoms with Crippen LogP contribution in [0.3, 0.4) is 0 Å². The van der Waals surface area contributed by atoms with Crippen LogP contribution in [0.2, 0.25) is 0 Å². The highest BCUT2D eigenvalue weighted by molar-refractivity contribution is 5.93. The topological polar surface area (TPSA) is 136 Å². The van der Waals surface area contributed by atoms with Gasteiger partial charge in [-0.1, -0.05) is 13.8 Å². The molecule has 10 nitrogen and oxygen atoms in total. The van der Waals surface area contributed by atoms with Crippen molar-refractivity contribution in [3.63, 3.8) is 0 Å². The van der Waals surface area contributed by atoms with Crippen molar-refractivity contribution in [2.24, 2.45) is 0 Å². The lowest BCUT2D eigenvalue weighted by molar-refractivity contribution is -0.141. The molecule has 0 spiro atoms. The second-order valence-electron chi connectivity index (χ2n) is 12.2. The SMILES string of the molecule is COC(=O)CCC1=C(C)c2cc3cc(C)c(cc4[nH]c(cc5nc(cc1n2)CC5(C)C)c(CC(=O)OC)c4CCC(=O)OC)[nH]3. The van der Waals surface area contributed by atoms with Crippen LogP contribution in [0.1, 0.15) is 79.5 Å². The summed E-state index contributed by atoms with van der Waals surface area (Å²) in [5, 5.41) is 0. The molecule has 3 aromatic heterocycles. The molecule has 0 amide bonds. The fraction of sp³-hybridized carbons (Fsp3) is 0.400. The van der Waals surface area contributed by atoms with Crippen LogP contribution in [-0.4, -0.2) is 59.2 Å². The first-order valence-electron chi connectivity index (χ1n) is 15.1. The van der Waals surface area contributed by atoms with E-state index in [4.69, 9.17) is 24.2 Å². The summed E-state index contributed by atoms with van der Waals surface area (Å²) >= 11 is 0. The first kappa shape index (κ1) is 31.7. The van der Waals surface area contributed by atoms with Gasteiger partial charge in [-0.25, -0.2) is 4.98 Å². The summed E-state index contributed by atoms with van der Waals surface area (Å²) in [6.45, 7) is 8.32. The van der Waals surface area contributed by atoms with E-state index in [1.165, 1.54) is 21.3 Å². The molecule has 0 atom stereocenters. The zero-order valence-corrected chi connectivity index (χ0v) is 27.0. The molecule has 0 radical (unpaired) electrons. The number of hydrogen-bond donors (Lipinski definition) is 2. The summed E-state index contributed by atoms with van der Waals surface area (Å²) in [6, 6.07) is 10.1. The van der Waals surface area contributed by atoms with Crippen molar-refractivity contribution < 1.29 is 28.6 Å². The van der Waals surface area contributed by atoms with E-state index in [0.717, 1.165) is 72.7 Å². The van der Waals surface area contributed by atoms with Gasteiger partial charge in [-0.05, 0) is 84.9 Å². The van der Waals surface area contributed by atoms with Crippen LogP contribution in [0.5, 0.6) is 0 Å². The predicted molar refractivity (Wildman–Crippen MR) is 172 cm³/mol. The minimum atomic E-state index is -0.380. The van der Waals surface area contributed by atoms with Gasteiger partial charge in [0.05, 0.1) is 39.1 Å². The molecule has 0 saturated heterocycles. The Morgan fingerprint density at radius 1 is 0.756 bits per heavy atom. The zero-order chi connectivity index (χ0) is 32.5. The first-order chi connectivity index (χ1) is 21.4. The van der Waals surface area contributed by atoms with Gasteiger partial charge in [0, 0.05) is 58.1 Å². The number of ether oxygens (including phenoxy) is 3. The van der Waals surface area contributed by atoms with Crippen molar-refractivity contribution in [1.82, 2.24) is 19.9 Å². The molecule has 10 heteroatoms. The van der Waals surface area contributed by atoms with Crippen molar-refractivity contribution in [2.45, 2.75) is 71.6 Å². The monoisotopic (exact) mass is 612 g/mol. The highest BCUT2D eigenvalue weighted by Crippen LogP contribution is 2.36. The number of aryl methyl sites for hydroxylation is 2. The van der Waals surface area contributed by atoms with E-state index in [0.29, 0.717) is 19.3 Å². The van der Waals surface area contributed by atoms with Crippen molar-refractivity contribution in [2.75, 3.05) is 21.3 Å². The van der Waals surface area contributed by atoms with Crippen LogP contribution in [0.15, 0.2) is 30.3 Å². The Bertz CT molecular complexity index is 1880. The van der Waals surface area contributed by atoms with Crippen LogP contribution >= 0.6 is 0 Å². The van der Waals surface area contributed by atoms with E-state index in [2.05, 4.69) is 29.9 Å². The number of nitrogens with one attached hydrogen (secondary N) is 2. The van der Waals surface area contributed by atoms with Gasteiger partial charge in [-0.2, -0.15) is 0 Å². The van der Waals surface area contributed by atoms with E-state index < -0.39 is 0 Å². The highest BCUT2D eigenvalue weighted by Gasteiger charge is 2.30. The molecule has 0 aromatic carbocycles. The van der Waals surface area contributed by atoms with Gasteiger partial charge in [-0.15, -0.1) is 0 Å². The molecule has 2 aliphatic heterocycles. The molecule has 0 fully saturated rings. The van der Waals surface area contributed by atoms with E-state index in [9.17, 15) is 14.4 Å². The molecular weight excluding hydrogens is 572 g/mol. The number of rotatable bonds is 8. The normalized spacial score (nSPS) is 13.9. The van der Waals surface area contributed by atoms with Crippen molar-refractivity contribution >= 4 is 51.1 Å². The third kappa shape index (κ3) is 6.69. The lowest BCUT2D eigenvalue weighted by atomic mass is 9.86. The number of fused-ring (bicyclic) bond motifs is 8. The quantitative estimate of drug-likeness (QED) is 0.239. The molecule has 3 aromatic rings. The maximum absolute atomic E-state index is 12.6. The van der Waals surface area contributed by atoms with E-state index in [-0.39, 0.29) is 42.6 Å². The van der Waals surface area contributed by atoms with E-state index >= 15 is 0 Å². The molecule has 45 heavy (non-hydrogen) atoms. The van der Waals surface area contributed by atoms with Crippen LogP contribution in [0, 0.1) is 6.92 Å². The number of aromatic amines is 2. The smallest absolute Gasteiger partial charge is 0.310 e. The van der Waals surface area contributed by atoms with Crippen molar-refractivity contribution in [3.8, 4) is 0 Å². The lowest BCUT2D eigenvalue weighted by Gasteiger charge is -2.16. The van der Waals surface area contributed by atoms with Crippen LogP contribution < -0.4 is 0 Å². The summed E-state index contributed by atoms with van der Waals surface area (Å²) in [5.74, 6) is -0.981. The Morgan fingerprint density at radius 2 is 1.42 bits per heavy atom. The first-order valence-corrected chi connectivity index (χ1v) is 15.1. The molecule has 5 rings (SSSR count).